The predicted molar refractivity (Wildman–Crippen MR) is 123 cm³/mol. The first-order chi connectivity index (χ1) is 14.0. The van der Waals surface area contributed by atoms with Crippen LogP contribution in [0, 0.1) is 6.92 Å². The standard InChI is InChI=1S/C21H25N5OS2/c1-15-9-8-12-19(26-21(27)25(3)23-24-26)18(15)14-29-20(28-4)22-13-16(2)17-10-6-5-7-11-17/h5-12,16H,13-14H2,1-4H3/b22-20+. The number of aryl methyl sites for hydroxylation is 2. The van der Waals surface area contributed by atoms with Crippen LogP contribution in [0.1, 0.15) is 29.5 Å². The van der Waals surface area contributed by atoms with Crippen molar-refractivity contribution in [2.45, 2.75) is 25.5 Å². The van der Waals surface area contributed by atoms with Gasteiger partial charge in [-0.3, -0.25) is 4.99 Å². The van der Waals surface area contributed by atoms with Gasteiger partial charge in [0.05, 0.1) is 5.69 Å². The minimum absolute atomic E-state index is 0.253. The molecule has 1 unspecified atom stereocenters. The summed E-state index contributed by atoms with van der Waals surface area (Å²) < 4.78 is 3.63. The van der Waals surface area contributed by atoms with Gasteiger partial charge in [0.15, 0.2) is 0 Å². The summed E-state index contributed by atoms with van der Waals surface area (Å²) in [5.41, 5.74) is 4.00. The maximum atomic E-state index is 12.3. The van der Waals surface area contributed by atoms with Crippen LogP contribution in [0.3, 0.4) is 0 Å². The van der Waals surface area contributed by atoms with Gasteiger partial charge in [-0.2, -0.15) is 9.36 Å². The highest BCUT2D eigenvalue weighted by molar-refractivity contribution is 8.38. The van der Waals surface area contributed by atoms with Crippen molar-refractivity contribution in [3.05, 3.63) is 75.7 Å². The number of aliphatic imine (C=N–C) groups is 1. The van der Waals surface area contributed by atoms with E-state index in [9.17, 15) is 4.79 Å². The number of tetrazole rings is 1. The minimum Gasteiger partial charge on any atom is -0.271 e. The van der Waals surface area contributed by atoms with E-state index in [4.69, 9.17) is 4.99 Å². The fourth-order valence-corrected chi connectivity index (χ4v) is 4.60. The summed E-state index contributed by atoms with van der Waals surface area (Å²) >= 11 is 3.34. The first-order valence-corrected chi connectivity index (χ1v) is 11.6. The zero-order valence-electron chi connectivity index (χ0n) is 17.1. The molecule has 152 valence electrons. The fourth-order valence-electron chi connectivity index (χ4n) is 2.94. The van der Waals surface area contributed by atoms with Gasteiger partial charge in [0.1, 0.15) is 4.38 Å². The lowest BCUT2D eigenvalue weighted by Gasteiger charge is -2.13. The Kier molecular flexibility index (Phi) is 7.33. The summed E-state index contributed by atoms with van der Waals surface area (Å²) in [6, 6.07) is 16.3. The van der Waals surface area contributed by atoms with Crippen LogP contribution in [0.5, 0.6) is 0 Å². The SMILES string of the molecule is CS/C(=N\CC(C)c1ccccc1)SCc1c(C)cccc1-n1nnn(C)c1=O. The van der Waals surface area contributed by atoms with Crippen molar-refractivity contribution in [2.24, 2.45) is 12.0 Å². The average molecular weight is 428 g/mol. The first-order valence-electron chi connectivity index (χ1n) is 9.35. The van der Waals surface area contributed by atoms with E-state index < -0.39 is 0 Å². The van der Waals surface area contributed by atoms with Crippen LogP contribution in [-0.4, -0.2) is 37.0 Å². The van der Waals surface area contributed by atoms with Crippen molar-refractivity contribution in [3.63, 3.8) is 0 Å². The molecule has 3 aromatic rings. The smallest absolute Gasteiger partial charge is 0.271 e. The lowest BCUT2D eigenvalue weighted by molar-refractivity contribution is 0.692. The summed E-state index contributed by atoms with van der Waals surface area (Å²) in [6.45, 7) is 4.99. The van der Waals surface area contributed by atoms with Gasteiger partial charge in [-0.25, -0.2) is 4.79 Å². The summed E-state index contributed by atoms with van der Waals surface area (Å²) in [7, 11) is 1.60. The molecule has 6 nitrogen and oxygen atoms in total. The third-order valence-corrected chi connectivity index (χ3v) is 6.85. The Labute approximate surface area is 179 Å². The Morgan fingerprint density at radius 3 is 2.55 bits per heavy atom. The van der Waals surface area contributed by atoms with E-state index in [1.165, 1.54) is 14.9 Å². The lowest BCUT2D eigenvalue weighted by Crippen LogP contribution is -2.23. The molecule has 0 aliphatic rings. The van der Waals surface area contributed by atoms with Crippen LogP contribution in [0.2, 0.25) is 0 Å². The molecule has 0 bridgehead atoms. The van der Waals surface area contributed by atoms with Crippen molar-refractivity contribution in [3.8, 4) is 5.69 Å². The Balaban J connectivity index is 1.76. The molecule has 8 heteroatoms. The van der Waals surface area contributed by atoms with Crippen LogP contribution >= 0.6 is 23.5 Å². The quantitative estimate of drug-likeness (QED) is 0.439. The molecule has 0 saturated heterocycles. The molecule has 29 heavy (non-hydrogen) atoms. The Morgan fingerprint density at radius 2 is 1.90 bits per heavy atom. The number of nitrogens with zero attached hydrogens (tertiary/aromatic N) is 5. The molecule has 0 aliphatic heterocycles. The highest BCUT2D eigenvalue weighted by Crippen LogP contribution is 2.26. The van der Waals surface area contributed by atoms with Gasteiger partial charge in [0.2, 0.25) is 0 Å². The molecule has 0 aliphatic carbocycles. The van der Waals surface area contributed by atoms with Gasteiger partial charge in [-0.05, 0) is 46.4 Å². The second kappa shape index (κ2) is 9.93. The van der Waals surface area contributed by atoms with Gasteiger partial charge in [0.25, 0.3) is 0 Å². The predicted octanol–water partition coefficient (Wildman–Crippen LogP) is 4.03. The molecule has 3 rings (SSSR count). The largest absolute Gasteiger partial charge is 0.368 e. The highest BCUT2D eigenvalue weighted by atomic mass is 32.2. The molecule has 0 amide bonds. The maximum absolute atomic E-state index is 12.3. The fraction of sp³-hybridized carbons (Fsp3) is 0.333. The Bertz CT molecular complexity index is 1040. The third kappa shape index (κ3) is 5.19. The number of hydrogen-bond acceptors (Lipinski definition) is 6. The normalized spacial score (nSPS) is 12.9. The molecule has 0 N–H and O–H groups in total. The second-order valence-corrected chi connectivity index (χ2v) is 8.80. The molecule has 0 spiro atoms. The zero-order valence-corrected chi connectivity index (χ0v) is 18.7. The second-order valence-electron chi connectivity index (χ2n) is 6.78. The topological polar surface area (TPSA) is 65.1 Å². The molecular weight excluding hydrogens is 402 g/mol. The van der Waals surface area contributed by atoms with Gasteiger partial charge >= 0.3 is 5.69 Å². The summed E-state index contributed by atoms with van der Waals surface area (Å²) in [6.07, 6.45) is 2.05. The van der Waals surface area contributed by atoms with Gasteiger partial charge < -0.3 is 0 Å². The average Bonchev–Trinajstić information content (AvgIpc) is 3.07. The monoisotopic (exact) mass is 427 g/mol. The number of thioether (sulfide) groups is 2. The van der Waals surface area contributed by atoms with Crippen LogP contribution in [0.4, 0.5) is 0 Å². The Hall–Kier alpha value is -2.32. The van der Waals surface area contributed by atoms with Crippen molar-refractivity contribution in [1.82, 2.24) is 19.8 Å². The van der Waals surface area contributed by atoms with E-state index >= 15 is 0 Å². The number of rotatable bonds is 6. The van der Waals surface area contributed by atoms with Gasteiger partial charge in [-0.15, -0.1) is 11.8 Å². The number of aromatic nitrogens is 4. The summed E-state index contributed by atoms with van der Waals surface area (Å²) in [4.78, 5) is 17.1. The number of hydrogen-bond donors (Lipinski definition) is 0. The van der Waals surface area contributed by atoms with Crippen molar-refractivity contribution in [1.29, 1.82) is 0 Å². The lowest BCUT2D eigenvalue weighted by atomic mass is 10.0. The number of benzene rings is 2. The van der Waals surface area contributed by atoms with Gasteiger partial charge in [-0.1, -0.05) is 61.2 Å². The molecule has 1 atom stereocenters. The van der Waals surface area contributed by atoms with Crippen molar-refractivity contribution >= 4 is 27.9 Å². The molecular formula is C21H25N5OS2. The highest BCUT2D eigenvalue weighted by Gasteiger charge is 2.14. The third-order valence-electron chi connectivity index (χ3n) is 4.71. The van der Waals surface area contributed by atoms with Gasteiger partial charge in [0, 0.05) is 25.3 Å². The van der Waals surface area contributed by atoms with E-state index in [1.54, 1.807) is 30.6 Å². The van der Waals surface area contributed by atoms with E-state index in [0.717, 1.165) is 27.7 Å². The van der Waals surface area contributed by atoms with Crippen LogP contribution in [-0.2, 0) is 12.8 Å². The van der Waals surface area contributed by atoms with Crippen LogP contribution in [0.25, 0.3) is 5.69 Å². The first kappa shape index (κ1) is 21.4. The van der Waals surface area contributed by atoms with Crippen molar-refractivity contribution < 1.29 is 0 Å². The molecule has 2 aromatic carbocycles. The molecule has 0 fully saturated rings. The zero-order chi connectivity index (χ0) is 20.8. The van der Waals surface area contributed by atoms with Crippen LogP contribution in [0.15, 0.2) is 58.3 Å². The summed E-state index contributed by atoms with van der Waals surface area (Å²) in [5.74, 6) is 1.08. The Morgan fingerprint density at radius 1 is 1.14 bits per heavy atom. The van der Waals surface area contributed by atoms with E-state index in [-0.39, 0.29) is 5.69 Å². The molecule has 1 aromatic heterocycles. The van der Waals surface area contributed by atoms with E-state index in [0.29, 0.717) is 11.7 Å². The minimum atomic E-state index is -0.253. The summed E-state index contributed by atoms with van der Waals surface area (Å²) in [5, 5.41) is 7.83. The van der Waals surface area contributed by atoms with Crippen molar-refractivity contribution in [2.75, 3.05) is 12.8 Å². The molecule has 0 saturated carbocycles. The van der Waals surface area contributed by atoms with Crippen LogP contribution < -0.4 is 5.69 Å². The van der Waals surface area contributed by atoms with E-state index in [1.807, 2.05) is 37.4 Å². The van der Waals surface area contributed by atoms with E-state index in [2.05, 4.69) is 41.6 Å². The molecule has 0 radical (unpaired) electrons. The molecule has 1 heterocycles. The maximum Gasteiger partial charge on any atom is 0.368 e.